The zero-order valence-electron chi connectivity index (χ0n) is 9.74. The summed E-state index contributed by atoms with van der Waals surface area (Å²) in [5.74, 6) is 1.20. The van der Waals surface area contributed by atoms with Crippen LogP contribution in [0.4, 0.5) is 0 Å². The van der Waals surface area contributed by atoms with Crippen LogP contribution in [-0.2, 0) is 5.41 Å². The highest BCUT2D eigenvalue weighted by Crippen LogP contribution is 2.42. The van der Waals surface area contributed by atoms with Gasteiger partial charge in [-0.3, -0.25) is 4.79 Å². The summed E-state index contributed by atoms with van der Waals surface area (Å²) in [6, 6.07) is 8.18. The van der Waals surface area contributed by atoms with E-state index >= 15 is 0 Å². The first-order chi connectivity index (χ1) is 7.80. The molecule has 1 nitrogen and oxygen atoms in total. The largest absolute Gasteiger partial charge is 0.298 e. The predicted octanol–water partition coefficient (Wildman–Crippen LogP) is 3.67. The van der Waals surface area contributed by atoms with E-state index in [0.29, 0.717) is 5.41 Å². The topological polar surface area (TPSA) is 17.1 Å². The smallest absolute Gasteiger partial charge is 0.150 e. The fraction of sp³-hybridized carbons (Fsp3) is 0.500. The molecule has 0 unspecified atom stereocenters. The maximum Gasteiger partial charge on any atom is 0.150 e. The highest BCUT2D eigenvalue weighted by Gasteiger charge is 2.34. The van der Waals surface area contributed by atoms with Crippen molar-refractivity contribution in [2.24, 2.45) is 0 Å². The fourth-order valence-electron chi connectivity index (χ4n) is 2.76. The van der Waals surface area contributed by atoms with Gasteiger partial charge in [0.1, 0.15) is 6.29 Å². The highest BCUT2D eigenvalue weighted by molar-refractivity contribution is 7.98. The minimum atomic E-state index is 0.376. The molecule has 1 aliphatic carbocycles. The van der Waals surface area contributed by atoms with Crippen LogP contribution in [0, 0.1) is 0 Å². The summed E-state index contributed by atoms with van der Waals surface area (Å²) in [5, 5.41) is 0. The number of benzene rings is 1. The second-order valence-electron chi connectivity index (χ2n) is 4.66. The van der Waals surface area contributed by atoms with Gasteiger partial charge in [-0.05, 0) is 24.7 Å². The Morgan fingerprint density at radius 2 is 1.88 bits per heavy atom. The molecule has 2 rings (SSSR count). The maximum atomic E-state index is 10.6. The number of carbonyl (C=O) groups is 1. The monoisotopic (exact) mass is 234 g/mol. The first-order valence-corrected chi connectivity index (χ1v) is 7.25. The van der Waals surface area contributed by atoms with Crippen LogP contribution in [0.3, 0.4) is 0 Å². The van der Waals surface area contributed by atoms with Crippen molar-refractivity contribution < 1.29 is 4.79 Å². The molecule has 0 spiro atoms. The minimum Gasteiger partial charge on any atom is -0.298 e. The van der Waals surface area contributed by atoms with E-state index in [0.717, 1.165) is 11.8 Å². The van der Waals surface area contributed by atoms with E-state index in [4.69, 9.17) is 0 Å². The van der Waals surface area contributed by atoms with Gasteiger partial charge in [0, 0.05) is 16.7 Å². The van der Waals surface area contributed by atoms with Crippen molar-refractivity contribution in [3.05, 3.63) is 35.4 Å². The van der Waals surface area contributed by atoms with E-state index in [1.165, 1.54) is 37.0 Å². The summed E-state index contributed by atoms with van der Waals surface area (Å²) in [4.78, 5) is 10.6. The minimum absolute atomic E-state index is 0.376. The van der Waals surface area contributed by atoms with E-state index in [1.54, 1.807) is 0 Å². The van der Waals surface area contributed by atoms with Crippen LogP contribution in [0.2, 0.25) is 0 Å². The van der Waals surface area contributed by atoms with Gasteiger partial charge < -0.3 is 0 Å². The normalized spacial score (nSPS) is 18.6. The van der Waals surface area contributed by atoms with Gasteiger partial charge in [-0.15, -0.1) is 0 Å². The number of rotatable bonds is 4. The number of hydrogen-bond donors (Lipinski definition) is 0. The summed E-state index contributed by atoms with van der Waals surface area (Å²) >= 11 is 1.93. The standard InChI is InChI=1S/C14H18OS/c1-16-11-14(8-2-3-9-14)13-6-4-12(10-15)5-7-13/h4-7,10H,2-3,8-9,11H2,1H3. The molecule has 0 N–H and O–H groups in total. The van der Waals surface area contributed by atoms with Crippen LogP contribution >= 0.6 is 11.8 Å². The molecule has 0 radical (unpaired) electrons. The molecule has 0 aliphatic heterocycles. The van der Waals surface area contributed by atoms with Gasteiger partial charge in [-0.2, -0.15) is 11.8 Å². The van der Waals surface area contributed by atoms with Gasteiger partial charge in [0.05, 0.1) is 0 Å². The van der Waals surface area contributed by atoms with Crippen molar-refractivity contribution in [1.82, 2.24) is 0 Å². The lowest BCUT2D eigenvalue weighted by Gasteiger charge is -2.29. The van der Waals surface area contributed by atoms with Crippen LogP contribution in [-0.4, -0.2) is 18.3 Å². The zero-order valence-corrected chi connectivity index (χ0v) is 10.6. The predicted molar refractivity (Wildman–Crippen MR) is 70.4 cm³/mol. The average molecular weight is 234 g/mol. The van der Waals surface area contributed by atoms with Crippen LogP contribution < -0.4 is 0 Å². The first kappa shape index (κ1) is 11.7. The van der Waals surface area contributed by atoms with Crippen LogP contribution in [0.25, 0.3) is 0 Å². The Morgan fingerprint density at radius 3 is 2.38 bits per heavy atom. The molecule has 0 amide bonds. The molecule has 1 aromatic carbocycles. The Balaban J connectivity index is 2.27. The average Bonchev–Trinajstić information content (AvgIpc) is 2.80. The van der Waals surface area contributed by atoms with E-state index in [-0.39, 0.29) is 0 Å². The van der Waals surface area contributed by atoms with Crippen LogP contribution in [0.1, 0.15) is 41.6 Å². The van der Waals surface area contributed by atoms with Crippen LogP contribution in [0.5, 0.6) is 0 Å². The lowest BCUT2D eigenvalue weighted by Crippen LogP contribution is -2.25. The summed E-state index contributed by atoms with van der Waals surface area (Å²) < 4.78 is 0. The Kier molecular flexibility index (Phi) is 3.70. The van der Waals surface area contributed by atoms with E-state index in [9.17, 15) is 4.79 Å². The van der Waals surface area contributed by atoms with Gasteiger partial charge in [0.15, 0.2) is 0 Å². The van der Waals surface area contributed by atoms with Crippen molar-refractivity contribution in [2.75, 3.05) is 12.0 Å². The van der Waals surface area contributed by atoms with E-state index in [2.05, 4.69) is 18.4 Å². The van der Waals surface area contributed by atoms with Crippen molar-refractivity contribution in [3.8, 4) is 0 Å². The van der Waals surface area contributed by atoms with Gasteiger partial charge in [0.2, 0.25) is 0 Å². The van der Waals surface area contributed by atoms with E-state index < -0.39 is 0 Å². The lowest BCUT2D eigenvalue weighted by molar-refractivity contribution is 0.112. The Labute approximate surface area is 102 Å². The molecule has 86 valence electrons. The Bertz CT molecular complexity index is 350. The van der Waals surface area contributed by atoms with E-state index in [1.807, 2.05) is 23.9 Å². The number of thioether (sulfide) groups is 1. The van der Waals surface area contributed by atoms with Gasteiger partial charge in [-0.1, -0.05) is 37.1 Å². The second kappa shape index (κ2) is 5.05. The van der Waals surface area contributed by atoms with Gasteiger partial charge >= 0.3 is 0 Å². The summed E-state index contributed by atoms with van der Waals surface area (Å²) in [6.45, 7) is 0. The van der Waals surface area contributed by atoms with Gasteiger partial charge in [0.25, 0.3) is 0 Å². The number of aldehydes is 1. The quantitative estimate of drug-likeness (QED) is 0.739. The molecule has 1 fully saturated rings. The highest BCUT2D eigenvalue weighted by atomic mass is 32.2. The molecule has 0 saturated heterocycles. The molecular weight excluding hydrogens is 216 g/mol. The summed E-state index contributed by atoms with van der Waals surface area (Å²) in [7, 11) is 0. The van der Waals surface area contributed by atoms with Crippen LogP contribution in [0.15, 0.2) is 24.3 Å². The SMILES string of the molecule is CSCC1(c2ccc(C=O)cc2)CCCC1. The van der Waals surface area contributed by atoms with Crippen molar-refractivity contribution in [2.45, 2.75) is 31.1 Å². The third kappa shape index (κ3) is 2.17. The molecule has 1 aliphatic rings. The molecule has 16 heavy (non-hydrogen) atoms. The summed E-state index contributed by atoms with van der Waals surface area (Å²) in [5.41, 5.74) is 2.58. The second-order valence-corrected chi connectivity index (χ2v) is 5.53. The molecule has 0 aromatic heterocycles. The first-order valence-electron chi connectivity index (χ1n) is 5.85. The molecule has 0 atom stereocenters. The zero-order chi connectivity index (χ0) is 11.4. The van der Waals surface area contributed by atoms with Crippen molar-refractivity contribution in [1.29, 1.82) is 0 Å². The molecule has 1 aromatic rings. The number of hydrogen-bond acceptors (Lipinski definition) is 2. The molecular formula is C14H18OS. The third-order valence-electron chi connectivity index (χ3n) is 3.64. The fourth-order valence-corrected chi connectivity index (χ4v) is 3.77. The molecule has 1 saturated carbocycles. The third-order valence-corrected chi connectivity index (χ3v) is 4.48. The molecule has 2 heteroatoms. The number of carbonyl (C=O) groups excluding carboxylic acids is 1. The molecule has 0 heterocycles. The summed E-state index contributed by atoms with van der Waals surface area (Å²) in [6.07, 6.45) is 8.38. The Hall–Kier alpha value is -0.760. The van der Waals surface area contributed by atoms with Crippen molar-refractivity contribution >= 4 is 18.0 Å². The Morgan fingerprint density at radius 1 is 1.25 bits per heavy atom. The molecule has 0 bridgehead atoms. The van der Waals surface area contributed by atoms with Gasteiger partial charge in [-0.25, -0.2) is 0 Å². The van der Waals surface area contributed by atoms with Crippen molar-refractivity contribution in [3.63, 3.8) is 0 Å². The lowest BCUT2D eigenvalue weighted by atomic mass is 9.80. The maximum absolute atomic E-state index is 10.6.